The number of pyridine rings is 1. The number of benzene rings is 1. The number of thiophene rings is 1. The van der Waals surface area contributed by atoms with Gasteiger partial charge in [0.1, 0.15) is 6.54 Å². The average Bonchev–Trinajstić information content (AvgIpc) is 3.53. The third-order valence-electron chi connectivity index (χ3n) is 8.59. The molecule has 3 fully saturated rings. The first-order valence-electron chi connectivity index (χ1n) is 14.4. The number of nitriles is 1. The summed E-state index contributed by atoms with van der Waals surface area (Å²) in [5, 5.41) is 20.5. The second-order valence-electron chi connectivity index (χ2n) is 12.1. The van der Waals surface area contributed by atoms with Crippen LogP contribution in [0.2, 0.25) is 0 Å². The molecule has 0 spiro atoms. The molecule has 3 amide bonds. The number of hydrogen-bond acceptors (Lipinski definition) is 8. The van der Waals surface area contributed by atoms with Crippen molar-refractivity contribution in [2.24, 2.45) is 0 Å². The quantitative estimate of drug-likeness (QED) is 0.333. The number of anilines is 1. The molecule has 1 saturated carbocycles. The van der Waals surface area contributed by atoms with Gasteiger partial charge in [-0.3, -0.25) is 19.5 Å². The Hall–Kier alpha value is -4.01. The number of imide groups is 1. The lowest BCUT2D eigenvalue weighted by molar-refractivity contribution is -0.126. The number of nitrogens with one attached hydrogen (secondary N) is 1. The second kappa shape index (κ2) is 11.0. The molecule has 2 saturated heterocycles. The molecule has 218 valence electrons. The molecule has 0 bridgehead atoms. The van der Waals surface area contributed by atoms with Crippen LogP contribution in [0.5, 0.6) is 0 Å². The van der Waals surface area contributed by atoms with Gasteiger partial charge in [0.15, 0.2) is 0 Å². The van der Waals surface area contributed by atoms with Gasteiger partial charge in [-0.25, -0.2) is 4.79 Å². The van der Waals surface area contributed by atoms with E-state index in [2.05, 4.69) is 41.2 Å². The van der Waals surface area contributed by atoms with Gasteiger partial charge < -0.3 is 20.2 Å². The number of hydrogen-bond donors (Lipinski definition) is 2. The van der Waals surface area contributed by atoms with E-state index < -0.39 is 0 Å². The smallest absolute Gasteiger partial charge is 0.327 e. The van der Waals surface area contributed by atoms with Crippen molar-refractivity contribution >= 4 is 45.7 Å². The Morgan fingerprint density at radius 1 is 1.19 bits per heavy atom. The van der Waals surface area contributed by atoms with Gasteiger partial charge in [-0.2, -0.15) is 5.26 Å². The molecule has 3 aromatic rings. The summed E-state index contributed by atoms with van der Waals surface area (Å²) < 4.78 is 1.03. The zero-order chi connectivity index (χ0) is 29.6. The topological polar surface area (TPSA) is 130 Å². The van der Waals surface area contributed by atoms with E-state index in [4.69, 9.17) is 9.90 Å². The molecule has 2 N–H and O–H groups in total. The van der Waals surface area contributed by atoms with Gasteiger partial charge in [0.2, 0.25) is 0 Å². The van der Waals surface area contributed by atoms with E-state index in [0.29, 0.717) is 11.6 Å². The van der Waals surface area contributed by atoms with Crippen molar-refractivity contribution in [2.75, 3.05) is 24.5 Å². The van der Waals surface area contributed by atoms with Crippen LogP contribution in [0.3, 0.4) is 0 Å². The molecule has 42 heavy (non-hydrogen) atoms. The maximum atomic E-state index is 12.9. The molecule has 0 unspecified atom stereocenters. The van der Waals surface area contributed by atoms with Crippen LogP contribution in [0.25, 0.3) is 21.3 Å². The van der Waals surface area contributed by atoms with Crippen LogP contribution in [-0.4, -0.2) is 75.6 Å². The second-order valence-corrected chi connectivity index (χ2v) is 13.2. The van der Waals surface area contributed by atoms with Crippen molar-refractivity contribution in [3.8, 4) is 17.2 Å². The number of aromatic nitrogens is 1. The Morgan fingerprint density at radius 3 is 2.67 bits per heavy atom. The summed E-state index contributed by atoms with van der Waals surface area (Å²) >= 11 is 1.59. The number of nitrogens with zero attached hydrogens (tertiary/aromatic N) is 5. The minimum Gasteiger partial charge on any atom is -0.483 e. The molecule has 0 radical (unpaired) electrons. The van der Waals surface area contributed by atoms with Crippen LogP contribution in [0.1, 0.15) is 55.5 Å². The van der Waals surface area contributed by atoms with Gasteiger partial charge in [-0.15, -0.1) is 11.3 Å². The largest absolute Gasteiger partial charge is 0.483 e. The molecule has 1 atom stereocenters. The summed E-state index contributed by atoms with van der Waals surface area (Å²) in [6, 6.07) is 11.0. The minimum absolute atomic E-state index is 0.0984. The fraction of sp³-hybridized carbons (Fsp3) is 0.452. The predicted octanol–water partition coefficient (Wildman–Crippen LogP) is 4.36. The first-order valence-corrected chi connectivity index (χ1v) is 15.2. The molecule has 1 aromatic carbocycles. The highest BCUT2D eigenvalue weighted by atomic mass is 32.1. The highest BCUT2D eigenvalue weighted by Crippen LogP contribution is 2.44. The van der Waals surface area contributed by atoms with Gasteiger partial charge in [-0.05, 0) is 75.8 Å². The monoisotopic (exact) mass is 586 g/mol. The molecular weight excluding hydrogens is 552 g/mol. The number of aryl methyl sites for hydroxylation is 1. The summed E-state index contributed by atoms with van der Waals surface area (Å²) in [5.74, 6) is -0.128. The fourth-order valence-electron chi connectivity index (χ4n) is 6.58. The normalized spacial score (nSPS) is 21.3. The van der Waals surface area contributed by atoms with E-state index in [-0.39, 0.29) is 43.1 Å². The number of carboxylic acid groups (broad SMARTS) is 1. The predicted molar refractivity (Wildman–Crippen MR) is 160 cm³/mol. The molecule has 1 aliphatic carbocycles. The van der Waals surface area contributed by atoms with E-state index in [1.807, 2.05) is 24.4 Å². The zero-order valence-corrected chi connectivity index (χ0v) is 24.6. The van der Waals surface area contributed by atoms with Crippen molar-refractivity contribution in [1.82, 2.24) is 20.1 Å². The van der Waals surface area contributed by atoms with Crippen molar-refractivity contribution in [2.45, 2.75) is 70.1 Å². The van der Waals surface area contributed by atoms with Gasteiger partial charge in [-0.1, -0.05) is 0 Å². The molecule has 4 aliphatic rings. The van der Waals surface area contributed by atoms with Crippen molar-refractivity contribution in [1.29, 1.82) is 5.26 Å². The van der Waals surface area contributed by atoms with E-state index >= 15 is 0 Å². The number of amides is 3. The average molecular weight is 587 g/mol. The molecule has 7 rings (SSSR count). The Morgan fingerprint density at radius 2 is 1.98 bits per heavy atom. The van der Waals surface area contributed by atoms with Crippen molar-refractivity contribution < 1.29 is 19.5 Å². The van der Waals surface area contributed by atoms with E-state index in [9.17, 15) is 14.9 Å². The first kappa shape index (κ1) is 28.1. The highest BCUT2D eigenvalue weighted by Gasteiger charge is 2.44. The molecule has 11 heteroatoms. The van der Waals surface area contributed by atoms with Crippen LogP contribution in [0.15, 0.2) is 30.5 Å². The SMILES string of the molecule is CC1(C)C[C@H](N2CCCc3cc(C#N)cc(-c4ccnc5cc(CN6C(=O)CN(C7CC7)C6=O)sc45)c32)CN1.O=CO. The van der Waals surface area contributed by atoms with Gasteiger partial charge >= 0.3 is 6.03 Å². The third-order valence-corrected chi connectivity index (χ3v) is 9.73. The van der Waals surface area contributed by atoms with Crippen LogP contribution >= 0.6 is 11.3 Å². The zero-order valence-electron chi connectivity index (χ0n) is 23.8. The fourth-order valence-corrected chi connectivity index (χ4v) is 7.71. The Labute approximate surface area is 248 Å². The maximum Gasteiger partial charge on any atom is 0.327 e. The summed E-state index contributed by atoms with van der Waals surface area (Å²) in [7, 11) is 0. The standard InChI is InChI=1S/C30H32N6O2S.CH2O2/c1-30(2)13-21(15-33-30)34-9-3-4-19-10-18(14-31)11-24(27(19)34)23-7-8-32-25-12-22(39-28(23)25)16-36-26(37)17-35(29(36)38)20-5-6-20;2-1-3/h7-8,10-12,20-21,33H,3-6,9,13,15-17H2,1-2H3;1H,(H,2,3)/t21-;/m0./s1. The highest BCUT2D eigenvalue weighted by molar-refractivity contribution is 7.19. The molecule has 10 nitrogen and oxygen atoms in total. The summed E-state index contributed by atoms with van der Waals surface area (Å²) in [6.45, 7) is 6.67. The Kier molecular flexibility index (Phi) is 7.37. The van der Waals surface area contributed by atoms with Crippen LogP contribution < -0.4 is 10.2 Å². The molecule has 3 aliphatic heterocycles. The lowest BCUT2D eigenvalue weighted by atomic mass is 9.90. The first-order chi connectivity index (χ1) is 20.2. The Balaban J connectivity index is 0.00000101. The number of rotatable bonds is 5. The minimum atomic E-state index is -0.250. The number of carbonyl (C=O) groups is 3. The van der Waals surface area contributed by atoms with E-state index in [1.54, 1.807) is 16.2 Å². The van der Waals surface area contributed by atoms with E-state index in [1.165, 1.54) is 16.2 Å². The van der Waals surface area contributed by atoms with Crippen LogP contribution in [0, 0.1) is 11.3 Å². The summed E-state index contributed by atoms with van der Waals surface area (Å²) in [6.07, 6.45) is 6.90. The van der Waals surface area contributed by atoms with Gasteiger partial charge in [0, 0.05) is 58.6 Å². The molecular formula is C31H34N6O4S. The molecule has 5 heterocycles. The molecule has 2 aromatic heterocycles. The third kappa shape index (κ3) is 5.21. The lowest BCUT2D eigenvalue weighted by Crippen LogP contribution is -2.40. The van der Waals surface area contributed by atoms with Gasteiger partial charge in [0.05, 0.1) is 28.4 Å². The summed E-state index contributed by atoms with van der Waals surface area (Å²) in [5.41, 5.74) is 6.22. The number of carbonyl (C=O) groups excluding carboxylic acids is 2. The number of urea groups is 1. The van der Waals surface area contributed by atoms with Crippen LogP contribution in [-0.2, 0) is 22.6 Å². The van der Waals surface area contributed by atoms with Crippen LogP contribution in [0.4, 0.5) is 10.5 Å². The maximum absolute atomic E-state index is 12.9. The summed E-state index contributed by atoms with van der Waals surface area (Å²) in [4.78, 5) is 45.2. The van der Waals surface area contributed by atoms with Crippen molar-refractivity contribution in [3.05, 3.63) is 46.5 Å². The Bertz CT molecular complexity index is 1610. The number of fused-ring (bicyclic) bond motifs is 2. The lowest BCUT2D eigenvalue weighted by Gasteiger charge is -2.38. The van der Waals surface area contributed by atoms with Crippen molar-refractivity contribution in [3.63, 3.8) is 0 Å². The van der Waals surface area contributed by atoms with E-state index in [0.717, 1.165) is 71.4 Å². The van der Waals surface area contributed by atoms with Gasteiger partial charge in [0.25, 0.3) is 12.4 Å².